The van der Waals surface area contributed by atoms with Gasteiger partial charge in [-0.25, -0.2) is 9.37 Å². The number of anilines is 1. The van der Waals surface area contributed by atoms with Crippen molar-refractivity contribution in [3.05, 3.63) is 114 Å². The third-order valence-electron chi connectivity index (χ3n) is 10.7. The number of ether oxygens (including phenoxy) is 3. The number of piperidine rings is 1. The smallest absolute Gasteiger partial charge is 0.233 e. The zero-order valence-corrected chi connectivity index (χ0v) is 29.6. The number of rotatable bonds is 13. The van der Waals surface area contributed by atoms with E-state index < -0.39 is 5.41 Å². The lowest BCUT2D eigenvalue weighted by molar-refractivity contribution is -0.133. The number of halogens is 1. The van der Waals surface area contributed by atoms with Crippen LogP contribution in [0.2, 0.25) is 0 Å². The molecule has 0 bridgehead atoms. The van der Waals surface area contributed by atoms with E-state index in [1.54, 1.807) is 21.3 Å². The summed E-state index contributed by atoms with van der Waals surface area (Å²) in [6.45, 7) is 4.42. The van der Waals surface area contributed by atoms with Gasteiger partial charge in [0.15, 0.2) is 11.5 Å². The number of H-pyrrole nitrogens is 1. The minimum absolute atomic E-state index is 0.160. The summed E-state index contributed by atoms with van der Waals surface area (Å²) in [7, 11) is 4.80. The summed E-state index contributed by atoms with van der Waals surface area (Å²) in [4.78, 5) is 29.8. The third-order valence-corrected chi connectivity index (χ3v) is 10.7. The molecule has 0 radical (unpaired) electrons. The minimum Gasteiger partial charge on any atom is -0.493 e. The molecular formula is C41H46FN5O4. The maximum Gasteiger partial charge on any atom is 0.233 e. The molecule has 2 aliphatic heterocycles. The fraction of sp³-hybridized carbons (Fsp3) is 0.366. The van der Waals surface area contributed by atoms with Gasteiger partial charge in [-0.1, -0.05) is 54.6 Å². The SMILES string of the molecule is COc1cc(CN2CCC(CCN3CCC(N(Cc4ccc(F)cc4)c4nc5ccccc5[nH]4)CC3)(c3ccccc3)C2=O)cc(OC)c1OC. The van der Waals surface area contributed by atoms with Crippen LogP contribution in [0.25, 0.3) is 11.0 Å². The average Bonchev–Trinajstić information content (AvgIpc) is 3.75. The number of nitrogens with zero attached hydrogens (tertiary/aromatic N) is 4. The number of para-hydroxylation sites is 2. The number of benzene rings is 4. The number of hydrogen-bond acceptors (Lipinski definition) is 7. The molecule has 2 saturated heterocycles. The third kappa shape index (κ3) is 7.10. The fourth-order valence-corrected chi connectivity index (χ4v) is 7.88. The Labute approximate surface area is 298 Å². The van der Waals surface area contributed by atoms with Crippen LogP contribution in [0.4, 0.5) is 10.3 Å². The first-order chi connectivity index (χ1) is 24.9. The number of aromatic amines is 1. The number of nitrogens with one attached hydrogen (secondary N) is 1. The Balaban J connectivity index is 1.05. The zero-order chi connectivity index (χ0) is 35.4. The van der Waals surface area contributed by atoms with Gasteiger partial charge in [-0.05, 0) is 85.3 Å². The molecule has 7 rings (SSSR count). The van der Waals surface area contributed by atoms with Crippen LogP contribution < -0.4 is 19.1 Å². The van der Waals surface area contributed by atoms with Crippen molar-refractivity contribution in [2.24, 2.45) is 0 Å². The number of fused-ring (bicyclic) bond motifs is 1. The van der Waals surface area contributed by atoms with Gasteiger partial charge in [-0.15, -0.1) is 0 Å². The highest BCUT2D eigenvalue weighted by Crippen LogP contribution is 2.42. The molecule has 9 nitrogen and oxygen atoms in total. The van der Waals surface area contributed by atoms with Gasteiger partial charge in [0.05, 0.1) is 37.8 Å². The van der Waals surface area contributed by atoms with Gasteiger partial charge < -0.3 is 33.9 Å². The number of imidazole rings is 1. The van der Waals surface area contributed by atoms with E-state index in [9.17, 15) is 9.18 Å². The topological polar surface area (TPSA) is 83.2 Å². The highest BCUT2D eigenvalue weighted by atomic mass is 19.1. The van der Waals surface area contributed by atoms with E-state index >= 15 is 0 Å². The lowest BCUT2D eigenvalue weighted by atomic mass is 9.76. The molecule has 1 amide bonds. The molecule has 1 N–H and O–H groups in total. The van der Waals surface area contributed by atoms with E-state index in [4.69, 9.17) is 19.2 Å². The molecule has 1 unspecified atom stereocenters. The number of carbonyl (C=O) groups is 1. The average molecular weight is 692 g/mol. The second-order valence-corrected chi connectivity index (χ2v) is 13.6. The first kappa shape index (κ1) is 34.4. The van der Waals surface area contributed by atoms with Gasteiger partial charge in [0.25, 0.3) is 0 Å². The predicted octanol–water partition coefficient (Wildman–Crippen LogP) is 6.96. The highest BCUT2D eigenvalue weighted by molar-refractivity contribution is 5.90. The van der Waals surface area contributed by atoms with Crippen LogP contribution in [-0.4, -0.2) is 79.2 Å². The van der Waals surface area contributed by atoms with Crippen molar-refractivity contribution in [2.75, 3.05) is 52.4 Å². The summed E-state index contributed by atoms with van der Waals surface area (Å²) in [6.07, 6.45) is 3.42. The molecule has 2 aliphatic rings. The molecule has 266 valence electrons. The summed E-state index contributed by atoms with van der Waals surface area (Å²) >= 11 is 0. The summed E-state index contributed by atoms with van der Waals surface area (Å²) in [5.74, 6) is 2.45. The summed E-state index contributed by atoms with van der Waals surface area (Å²) in [6, 6.07) is 29.2. The van der Waals surface area contributed by atoms with E-state index in [2.05, 4.69) is 26.9 Å². The largest absolute Gasteiger partial charge is 0.493 e. The van der Waals surface area contributed by atoms with Crippen molar-refractivity contribution in [2.45, 2.75) is 50.2 Å². The van der Waals surface area contributed by atoms with Crippen LogP contribution in [-0.2, 0) is 23.3 Å². The van der Waals surface area contributed by atoms with E-state index in [0.717, 1.165) is 79.0 Å². The number of carbonyl (C=O) groups excluding carboxylic acids is 1. The Bertz CT molecular complexity index is 1890. The Morgan fingerprint density at radius 1 is 0.863 bits per heavy atom. The normalized spacial score (nSPS) is 18.4. The van der Waals surface area contributed by atoms with E-state index in [-0.39, 0.29) is 17.8 Å². The predicted molar refractivity (Wildman–Crippen MR) is 197 cm³/mol. The maximum atomic E-state index is 14.5. The molecule has 10 heteroatoms. The van der Waals surface area contributed by atoms with Crippen LogP contribution >= 0.6 is 0 Å². The summed E-state index contributed by atoms with van der Waals surface area (Å²) in [5.41, 5.74) is 4.38. The maximum absolute atomic E-state index is 14.5. The second kappa shape index (κ2) is 15.0. The van der Waals surface area contributed by atoms with Crippen molar-refractivity contribution in [1.29, 1.82) is 0 Å². The summed E-state index contributed by atoms with van der Waals surface area (Å²) < 4.78 is 30.4. The van der Waals surface area contributed by atoms with E-state index in [0.29, 0.717) is 36.9 Å². The van der Waals surface area contributed by atoms with Crippen molar-refractivity contribution in [3.8, 4) is 17.2 Å². The molecule has 51 heavy (non-hydrogen) atoms. The van der Waals surface area contributed by atoms with Crippen LogP contribution in [0.3, 0.4) is 0 Å². The molecule has 0 spiro atoms. The number of likely N-dealkylation sites (tertiary alicyclic amines) is 2. The molecule has 2 fully saturated rings. The van der Waals surface area contributed by atoms with E-state index in [1.807, 2.05) is 71.6 Å². The standard InChI is InChI=1S/C41H46FN5O4/c1-49-36-25-30(26-37(50-2)38(36)51-3)27-46-24-20-41(39(46)48,31-9-5-4-6-10-31)19-23-45-21-17-33(18-22-45)47(28-29-13-15-32(42)16-14-29)40-43-34-11-7-8-12-35(34)44-40/h4-16,25-26,33H,17-24,27-28H2,1-3H3,(H,43,44). The molecule has 1 aromatic heterocycles. The molecule has 5 aromatic rings. The Kier molecular flexibility index (Phi) is 10.1. The Hall–Kier alpha value is -5.09. The number of methoxy groups -OCH3 is 3. The Morgan fingerprint density at radius 2 is 1.55 bits per heavy atom. The molecule has 3 heterocycles. The van der Waals surface area contributed by atoms with Gasteiger partial charge in [0.1, 0.15) is 5.82 Å². The number of amides is 1. The van der Waals surface area contributed by atoms with Crippen molar-refractivity contribution in [1.82, 2.24) is 19.8 Å². The summed E-state index contributed by atoms with van der Waals surface area (Å²) in [5, 5.41) is 0. The zero-order valence-electron chi connectivity index (χ0n) is 29.6. The van der Waals surface area contributed by atoms with E-state index in [1.165, 1.54) is 12.1 Å². The van der Waals surface area contributed by atoms with Crippen LogP contribution in [0.5, 0.6) is 17.2 Å². The van der Waals surface area contributed by atoms with Gasteiger partial charge in [-0.3, -0.25) is 4.79 Å². The van der Waals surface area contributed by atoms with Crippen molar-refractivity contribution < 1.29 is 23.4 Å². The Morgan fingerprint density at radius 3 is 2.22 bits per heavy atom. The molecule has 0 saturated carbocycles. The number of hydrogen-bond donors (Lipinski definition) is 1. The van der Waals surface area contributed by atoms with Gasteiger partial charge in [0.2, 0.25) is 17.6 Å². The van der Waals surface area contributed by atoms with Crippen molar-refractivity contribution >= 4 is 22.9 Å². The highest BCUT2D eigenvalue weighted by Gasteiger charge is 2.48. The lowest BCUT2D eigenvalue weighted by Gasteiger charge is -2.39. The quantitative estimate of drug-likeness (QED) is 0.143. The van der Waals surface area contributed by atoms with Crippen molar-refractivity contribution in [3.63, 3.8) is 0 Å². The molecule has 4 aromatic carbocycles. The second-order valence-electron chi connectivity index (χ2n) is 13.6. The van der Waals surface area contributed by atoms with Crippen LogP contribution in [0, 0.1) is 5.82 Å². The van der Waals surface area contributed by atoms with Crippen LogP contribution in [0.15, 0.2) is 91.0 Å². The lowest BCUT2D eigenvalue weighted by Crippen LogP contribution is -2.47. The van der Waals surface area contributed by atoms with Crippen LogP contribution in [0.1, 0.15) is 42.4 Å². The monoisotopic (exact) mass is 691 g/mol. The molecule has 1 atom stereocenters. The van der Waals surface area contributed by atoms with Gasteiger partial charge in [0, 0.05) is 38.8 Å². The van der Waals surface area contributed by atoms with Gasteiger partial charge in [-0.2, -0.15) is 0 Å². The fourth-order valence-electron chi connectivity index (χ4n) is 7.88. The first-order valence-corrected chi connectivity index (χ1v) is 17.7. The molecular weight excluding hydrogens is 645 g/mol. The molecule has 0 aliphatic carbocycles. The minimum atomic E-state index is -0.596. The van der Waals surface area contributed by atoms with Gasteiger partial charge >= 0.3 is 0 Å². The number of aromatic nitrogens is 2. The first-order valence-electron chi connectivity index (χ1n) is 17.7.